The predicted octanol–water partition coefficient (Wildman–Crippen LogP) is 2.56. The number of hydrogen-bond acceptors (Lipinski definition) is 3. The fourth-order valence-corrected chi connectivity index (χ4v) is 3.68. The highest BCUT2D eigenvalue weighted by Gasteiger charge is 2.21. The minimum Gasteiger partial charge on any atom is -0.478 e. The summed E-state index contributed by atoms with van der Waals surface area (Å²) in [7, 11) is -0.944. The van der Waals surface area contributed by atoms with Gasteiger partial charge >= 0.3 is 5.97 Å². The SMILES string of the molecule is O=C(O)c1coc(CS(=O)C2CCCCC2)c1. The average Bonchev–Trinajstić information content (AvgIpc) is 2.79. The lowest BCUT2D eigenvalue weighted by atomic mass is 10.0. The summed E-state index contributed by atoms with van der Waals surface area (Å²) >= 11 is 0. The van der Waals surface area contributed by atoms with Crippen LogP contribution in [-0.4, -0.2) is 20.5 Å². The van der Waals surface area contributed by atoms with Gasteiger partial charge in [0.05, 0.1) is 11.3 Å². The molecule has 1 unspecified atom stereocenters. The van der Waals surface area contributed by atoms with Crippen molar-refractivity contribution < 1.29 is 18.5 Å². The highest BCUT2D eigenvalue weighted by atomic mass is 32.2. The molecule has 0 aliphatic heterocycles. The van der Waals surface area contributed by atoms with Crippen molar-refractivity contribution >= 4 is 16.8 Å². The second-order valence-electron chi connectivity index (χ2n) is 4.39. The van der Waals surface area contributed by atoms with Crippen LogP contribution in [0.4, 0.5) is 0 Å². The zero-order chi connectivity index (χ0) is 12.3. The number of rotatable bonds is 4. The Morgan fingerprint density at radius 1 is 1.41 bits per heavy atom. The van der Waals surface area contributed by atoms with E-state index in [9.17, 15) is 9.00 Å². The van der Waals surface area contributed by atoms with Crippen molar-refractivity contribution in [2.24, 2.45) is 0 Å². The first kappa shape index (κ1) is 12.4. The number of hydrogen-bond donors (Lipinski definition) is 1. The van der Waals surface area contributed by atoms with E-state index in [0.717, 1.165) is 25.7 Å². The lowest BCUT2D eigenvalue weighted by molar-refractivity contribution is 0.0696. The van der Waals surface area contributed by atoms with E-state index in [2.05, 4.69) is 0 Å². The summed E-state index contributed by atoms with van der Waals surface area (Å²) in [5, 5.41) is 9.00. The largest absolute Gasteiger partial charge is 0.478 e. The Kier molecular flexibility index (Phi) is 3.99. The smallest absolute Gasteiger partial charge is 0.338 e. The van der Waals surface area contributed by atoms with E-state index in [1.807, 2.05) is 0 Å². The third-order valence-corrected chi connectivity index (χ3v) is 4.89. The molecule has 1 heterocycles. The van der Waals surface area contributed by atoms with Crippen molar-refractivity contribution in [3.63, 3.8) is 0 Å². The Bertz CT molecular complexity index is 418. The van der Waals surface area contributed by atoms with E-state index >= 15 is 0 Å². The first-order valence-corrected chi connectivity index (χ1v) is 7.23. The molecule has 4 nitrogen and oxygen atoms in total. The van der Waals surface area contributed by atoms with Gasteiger partial charge in [-0.2, -0.15) is 0 Å². The summed E-state index contributed by atoms with van der Waals surface area (Å²) in [6, 6.07) is 1.46. The van der Waals surface area contributed by atoms with Crippen LogP contribution in [0, 0.1) is 0 Å². The second kappa shape index (κ2) is 5.49. The topological polar surface area (TPSA) is 67.5 Å². The monoisotopic (exact) mass is 256 g/mol. The van der Waals surface area contributed by atoms with Gasteiger partial charge in [-0.05, 0) is 18.9 Å². The molecule has 17 heavy (non-hydrogen) atoms. The van der Waals surface area contributed by atoms with Gasteiger partial charge in [0.25, 0.3) is 0 Å². The predicted molar refractivity (Wildman–Crippen MR) is 64.4 cm³/mol. The lowest BCUT2D eigenvalue weighted by Crippen LogP contribution is -2.19. The van der Waals surface area contributed by atoms with Crippen LogP contribution in [0.3, 0.4) is 0 Å². The van der Waals surface area contributed by atoms with E-state index < -0.39 is 16.8 Å². The summed E-state index contributed by atoms with van der Waals surface area (Å²) in [6.07, 6.45) is 6.76. The average molecular weight is 256 g/mol. The van der Waals surface area contributed by atoms with E-state index in [4.69, 9.17) is 9.52 Å². The molecule has 0 aromatic carbocycles. The first-order valence-electron chi connectivity index (χ1n) is 5.84. The minimum atomic E-state index is -1.01. The zero-order valence-corrected chi connectivity index (χ0v) is 10.4. The van der Waals surface area contributed by atoms with E-state index in [0.29, 0.717) is 11.5 Å². The molecule has 1 aromatic rings. The molecule has 1 saturated carbocycles. The van der Waals surface area contributed by atoms with Crippen molar-refractivity contribution in [2.75, 3.05) is 0 Å². The van der Waals surface area contributed by atoms with Gasteiger partial charge in [0.15, 0.2) is 0 Å². The summed E-state index contributed by atoms with van der Waals surface area (Å²) in [6.45, 7) is 0. The Hall–Kier alpha value is -1.10. The van der Waals surface area contributed by atoms with Gasteiger partial charge in [0.2, 0.25) is 0 Å². The minimum absolute atomic E-state index is 0.126. The summed E-state index contributed by atoms with van der Waals surface area (Å²) in [4.78, 5) is 10.7. The first-order chi connectivity index (χ1) is 8.16. The van der Waals surface area contributed by atoms with Crippen molar-refractivity contribution in [1.82, 2.24) is 0 Å². The van der Waals surface area contributed by atoms with Crippen molar-refractivity contribution in [3.05, 3.63) is 23.7 Å². The maximum Gasteiger partial charge on any atom is 0.338 e. The molecule has 5 heteroatoms. The van der Waals surface area contributed by atoms with Crippen LogP contribution in [0.5, 0.6) is 0 Å². The highest BCUT2D eigenvalue weighted by Crippen LogP contribution is 2.24. The van der Waals surface area contributed by atoms with Crippen LogP contribution >= 0.6 is 0 Å². The van der Waals surface area contributed by atoms with Gasteiger partial charge in [-0.25, -0.2) is 4.79 Å². The third kappa shape index (κ3) is 3.19. The lowest BCUT2D eigenvalue weighted by Gasteiger charge is -2.20. The molecule has 0 bridgehead atoms. The molecule has 1 fully saturated rings. The maximum atomic E-state index is 12.1. The molecule has 0 radical (unpaired) electrons. The molecule has 1 aromatic heterocycles. The molecular formula is C12H16O4S. The molecule has 0 spiro atoms. The number of carboxylic acid groups (broad SMARTS) is 1. The molecule has 1 aliphatic carbocycles. The fourth-order valence-electron chi connectivity index (χ4n) is 2.15. The Morgan fingerprint density at radius 2 is 2.12 bits per heavy atom. The molecule has 1 atom stereocenters. The molecule has 2 rings (SSSR count). The maximum absolute atomic E-state index is 12.1. The number of carboxylic acids is 1. The van der Waals surface area contributed by atoms with Gasteiger partial charge in [-0.1, -0.05) is 19.3 Å². The fraction of sp³-hybridized carbons (Fsp3) is 0.583. The summed E-state index contributed by atoms with van der Waals surface area (Å²) in [5.41, 5.74) is 0.126. The standard InChI is InChI=1S/C12H16O4S/c13-12(14)9-6-10(16-7-9)8-17(15)11-4-2-1-3-5-11/h6-7,11H,1-5,8H2,(H,13,14). The van der Waals surface area contributed by atoms with Gasteiger partial charge in [-0.3, -0.25) is 4.21 Å². The molecule has 0 amide bonds. The zero-order valence-electron chi connectivity index (χ0n) is 9.55. The number of furan rings is 1. The molecule has 94 valence electrons. The molecule has 0 saturated heterocycles. The normalized spacial score (nSPS) is 19.1. The number of carbonyl (C=O) groups is 1. The van der Waals surface area contributed by atoms with E-state index in [1.54, 1.807) is 0 Å². The third-order valence-electron chi connectivity index (χ3n) is 3.11. The Morgan fingerprint density at radius 3 is 2.71 bits per heavy atom. The Labute approximate surface area is 102 Å². The highest BCUT2D eigenvalue weighted by molar-refractivity contribution is 7.84. The molecular weight excluding hydrogens is 240 g/mol. The quantitative estimate of drug-likeness (QED) is 0.899. The van der Waals surface area contributed by atoms with Crippen LogP contribution in [0.25, 0.3) is 0 Å². The molecule has 1 N–H and O–H groups in total. The van der Waals surface area contributed by atoms with Gasteiger partial charge in [-0.15, -0.1) is 0 Å². The van der Waals surface area contributed by atoms with E-state index in [1.165, 1.54) is 18.8 Å². The molecule has 1 aliphatic rings. The van der Waals surface area contributed by atoms with Gasteiger partial charge < -0.3 is 9.52 Å². The van der Waals surface area contributed by atoms with E-state index in [-0.39, 0.29) is 10.8 Å². The van der Waals surface area contributed by atoms with Crippen LogP contribution in [0.15, 0.2) is 16.7 Å². The second-order valence-corrected chi connectivity index (χ2v) is 6.11. The van der Waals surface area contributed by atoms with Crippen molar-refractivity contribution in [3.8, 4) is 0 Å². The summed E-state index contributed by atoms with van der Waals surface area (Å²) in [5.74, 6) is -0.174. The van der Waals surface area contributed by atoms with Crippen molar-refractivity contribution in [1.29, 1.82) is 0 Å². The summed E-state index contributed by atoms with van der Waals surface area (Å²) < 4.78 is 17.2. The van der Waals surface area contributed by atoms with Crippen LogP contribution in [-0.2, 0) is 16.6 Å². The van der Waals surface area contributed by atoms with Gasteiger partial charge in [0, 0.05) is 16.0 Å². The Balaban J connectivity index is 1.94. The number of aromatic carboxylic acids is 1. The van der Waals surface area contributed by atoms with Gasteiger partial charge in [0.1, 0.15) is 12.0 Å². The van der Waals surface area contributed by atoms with Crippen LogP contribution < -0.4 is 0 Å². The van der Waals surface area contributed by atoms with Crippen LogP contribution in [0.2, 0.25) is 0 Å². The van der Waals surface area contributed by atoms with Crippen LogP contribution in [0.1, 0.15) is 48.2 Å². The van der Waals surface area contributed by atoms with Crippen molar-refractivity contribution in [2.45, 2.75) is 43.1 Å².